The van der Waals surface area contributed by atoms with Crippen LogP contribution < -0.4 is 9.47 Å². The number of rotatable bonds is 3. The quantitative estimate of drug-likeness (QED) is 0.749. The van der Waals surface area contributed by atoms with Crippen molar-refractivity contribution in [3.8, 4) is 11.5 Å². The van der Waals surface area contributed by atoms with Gasteiger partial charge in [-0.25, -0.2) is 4.39 Å². The van der Waals surface area contributed by atoms with E-state index in [4.69, 9.17) is 9.47 Å². The molecular formula is C17H16BrFO2. The predicted octanol–water partition coefficient (Wildman–Crippen LogP) is 4.67. The molecule has 2 aromatic rings. The summed E-state index contributed by atoms with van der Waals surface area (Å²) < 4.78 is 25.0. The Balaban J connectivity index is 1.80. The second kappa shape index (κ2) is 6.48. The van der Waals surface area contributed by atoms with Crippen LogP contribution in [0.4, 0.5) is 4.39 Å². The number of alkyl halides is 1. The third-order valence-corrected chi connectivity index (χ3v) is 4.34. The van der Waals surface area contributed by atoms with E-state index in [1.165, 1.54) is 6.07 Å². The fourth-order valence-electron chi connectivity index (χ4n) is 2.35. The second-order valence-electron chi connectivity index (χ2n) is 5.02. The lowest BCUT2D eigenvalue weighted by Gasteiger charge is -2.14. The van der Waals surface area contributed by atoms with Gasteiger partial charge in [-0.3, -0.25) is 0 Å². The first-order valence-corrected chi connectivity index (χ1v) is 7.92. The first kappa shape index (κ1) is 14.4. The van der Waals surface area contributed by atoms with Crippen molar-refractivity contribution < 1.29 is 13.9 Å². The molecule has 2 nitrogen and oxygen atoms in total. The van der Waals surface area contributed by atoms with Gasteiger partial charge in [-0.05, 0) is 35.7 Å². The molecule has 1 atom stereocenters. The third kappa shape index (κ3) is 3.38. The highest BCUT2D eigenvalue weighted by molar-refractivity contribution is 9.09. The lowest BCUT2D eigenvalue weighted by Crippen LogP contribution is -1.99. The number of fused-ring (bicyclic) bond motifs is 1. The van der Waals surface area contributed by atoms with Crippen LogP contribution in [0.1, 0.15) is 22.4 Å². The SMILES string of the molecule is Fc1ccccc1CC(Br)c1ccc2c(c1)OCCCO2. The molecule has 0 spiro atoms. The fraction of sp³-hybridized carbons (Fsp3) is 0.294. The second-order valence-corrected chi connectivity index (χ2v) is 6.13. The zero-order valence-electron chi connectivity index (χ0n) is 11.5. The molecule has 0 saturated heterocycles. The van der Waals surface area contributed by atoms with Crippen molar-refractivity contribution in [1.29, 1.82) is 0 Å². The summed E-state index contributed by atoms with van der Waals surface area (Å²) in [7, 11) is 0. The van der Waals surface area contributed by atoms with Crippen LogP contribution in [-0.4, -0.2) is 13.2 Å². The van der Waals surface area contributed by atoms with Crippen molar-refractivity contribution in [2.75, 3.05) is 13.2 Å². The molecule has 0 fully saturated rings. The Bertz CT molecular complexity index is 630. The van der Waals surface area contributed by atoms with Crippen molar-refractivity contribution in [3.05, 3.63) is 59.4 Å². The van der Waals surface area contributed by atoms with Crippen molar-refractivity contribution in [2.45, 2.75) is 17.7 Å². The highest BCUT2D eigenvalue weighted by atomic mass is 79.9. The Labute approximate surface area is 132 Å². The highest BCUT2D eigenvalue weighted by Crippen LogP contribution is 2.36. The van der Waals surface area contributed by atoms with E-state index in [9.17, 15) is 4.39 Å². The van der Waals surface area contributed by atoms with Gasteiger partial charge in [0.1, 0.15) is 5.82 Å². The summed E-state index contributed by atoms with van der Waals surface area (Å²) in [6.45, 7) is 1.34. The van der Waals surface area contributed by atoms with Gasteiger partial charge in [-0.15, -0.1) is 0 Å². The van der Waals surface area contributed by atoms with Crippen LogP contribution in [0.2, 0.25) is 0 Å². The summed E-state index contributed by atoms with van der Waals surface area (Å²) in [4.78, 5) is 0.0338. The Kier molecular flexibility index (Phi) is 4.44. The topological polar surface area (TPSA) is 18.5 Å². The Morgan fingerprint density at radius 3 is 2.62 bits per heavy atom. The van der Waals surface area contributed by atoms with Gasteiger partial charge in [0, 0.05) is 11.2 Å². The van der Waals surface area contributed by atoms with Crippen LogP contribution in [0.25, 0.3) is 0 Å². The van der Waals surface area contributed by atoms with E-state index in [-0.39, 0.29) is 10.6 Å². The van der Waals surface area contributed by atoms with E-state index in [2.05, 4.69) is 15.9 Å². The molecule has 0 N–H and O–H groups in total. The Hall–Kier alpha value is -1.55. The molecule has 0 saturated carbocycles. The number of ether oxygens (including phenoxy) is 2. The van der Waals surface area contributed by atoms with Gasteiger partial charge in [-0.2, -0.15) is 0 Å². The summed E-state index contributed by atoms with van der Waals surface area (Å²) in [5.74, 6) is 1.38. The van der Waals surface area contributed by atoms with Gasteiger partial charge in [0.15, 0.2) is 11.5 Å². The maximum atomic E-state index is 13.7. The minimum absolute atomic E-state index is 0.0338. The molecular weight excluding hydrogens is 335 g/mol. The maximum Gasteiger partial charge on any atom is 0.161 e. The standard InChI is InChI=1S/C17H16BrFO2/c18-14(10-13-4-1-2-5-15(13)19)12-6-7-16-17(11-12)21-9-3-8-20-16/h1-2,4-7,11,14H,3,8-10H2. The van der Waals surface area contributed by atoms with Crippen molar-refractivity contribution in [2.24, 2.45) is 0 Å². The van der Waals surface area contributed by atoms with Crippen LogP contribution in [0, 0.1) is 5.82 Å². The molecule has 0 aromatic heterocycles. The summed E-state index contributed by atoms with van der Waals surface area (Å²) in [6, 6.07) is 12.7. The van der Waals surface area contributed by atoms with Gasteiger partial charge in [0.05, 0.1) is 13.2 Å². The molecule has 110 valence electrons. The van der Waals surface area contributed by atoms with Crippen molar-refractivity contribution >= 4 is 15.9 Å². The number of hydrogen-bond donors (Lipinski definition) is 0. The molecule has 0 bridgehead atoms. The van der Waals surface area contributed by atoms with E-state index in [0.717, 1.165) is 23.5 Å². The smallest absolute Gasteiger partial charge is 0.161 e. The van der Waals surface area contributed by atoms with Crippen LogP contribution in [-0.2, 0) is 6.42 Å². The van der Waals surface area contributed by atoms with E-state index in [1.807, 2.05) is 30.3 Å². The zero-order valence-corrected chi connectivity index (χ0v) is 13.1. The lowest BCUT2D eigenvalue weighted by molar-refractivity contribution is 0.297. The molecule has 1 heterocycles. The molecule has 1 aliphatic rings. The van der Waals surface area contributed by atoms with E-state index < -0.39 is 0 Å². The van der Waals surface area contributed by atoms with Gasteiger partial charge in [0.2, 0.25) is 0 Å². The molecule has 2 aromatic carbocycles. The summed E-state index contributed by atoms with van der Waals surface area (Å²) in [6.07, 6.45) is 1.48. The molecule has 0 amide bonds. The van der Waals surface area contributed by atoms with Crippen molar-refractivity contribution in [1.82, 2.24) is 0 Å². The van der Waals surface area contributed by atoms with Gasteiger partial charge >= 0.3 is 0 Å². The number of hydrogen-bond acceptors (Lipinski definition) is 2. The van der Waals surface area contributed by atoms with Gasteiger partial charge < -0.3 is 9.47 Å². The molecule has 0 radical (unpaired) electrons. The number of benzene rings is 2. The van der Waals surface area contributed by atoms with Gasteiger partial charge in [0.25, 0.3) is 0 Å². The summed E-state index contributed by atoms with van der Waals surface area (Å²) in [5.41, 5.74) is 1.76. The molecule has 1 aliphatic heterocycles. The molecule has 21 heavy (non-hydrogen) atoms. The number of halogens is 2. The summed E-state index contributed by atoms with van der Waals surface area (Å²) in [5, 5.41) is 0. The minimum Gasteiger partial charge on any atom is -0.490 e. The Morgan fingerprint density at radius 1 is 1.05 bits per heavy atom. The average Bonchev–Trinajstić information content (AvgIpc) is 2.74. The third-order valence-electron chi connectivity index (χ3n) is 3.49. The van der Waals surface area contributed by atoms with Crippen LogP contribution >= 0.6 is 15.9 Å². The van der Waals surface area contributed by atoms with E-state index in [1.54, 1.807) is 6.07 Å². The van der Waals surface area contributed by atoms with E-state index in [0.29, 0.717) is 25.2 Å². The predicted molar refractivity (Wildman–Crippen MR) is 83.8 cm³/mol. The van der Waals surface area contributed by atoms with Crippen LogP contribution in [0.5, 0.6) is 11.5 Å². The summed E-state index contributed by atoms with van der Waals surface area (Å²) >= 11 is 3.64. The monoisotopic (exact) mass is 350 g/mol. The zero-order chi connectivity index (χ0) is 14.7. The van der Waals surface area contributed by atoms with Crippen LogP contribution in [0.3, 0.4) is 0 Å². The van der Waals surface area contributed by atoms with Crippen LogP contribution in [0.15, 0.2) is 42.5 Å². The molecule has 0 aliphatic carbocycles. The maximum absolute atomic E-state index is 13.7. The first-order chi connectivity index (χ1) is 10.2. The van der Waals surface area contributed by atoms with Crippen molar-refractivity contribution in [3.63, 3.8) is 0 Å². The minimum atomic E-state index is -0.170. The Morgan fingerprint density at radius 2 is 1.81 bits per heavy atom. The molecule has 3 rings (SSSR count). The largest absolute Gasteiger partial charge is 0.490 e. The van der Waals surface area contributed by atoms with Gasteiger partial charge in [-0.1, -0.05) is 40.2 Å². The first-order valence-electron chi connectivity index (χ1n) is 7.01. The molecule has 4 heteroatoms. The molecule has 1 unspecified atom stereocenters. The lowest BCUT2D eigenvalue weighted by atomic mass is 10.0. The highest BCUT2D eigenvalue weighted by Gasteiger charge is 2.16. The van der Waals surface area contributed by atoms with E-state index >= 15 is 0 Å². The normalized spacial score (nSPS) is 15.3. The average molecular weight is 351 g/mol. The fourth-order valence-corrected chi connectivity index (χ4v) is 2.98.